The van der Waals surface area contributed by atoms with Gasteiger partial charge in [-0.1, -0.05) is 18.7 Å². The summed E-state index contributed by atoms with van der Waals surface area (Å²) in [4.78, 5) is 4.38. The smallest absolute Gasteiger partial charge is 0.123 e. The van der Waals surface area contributed by atoms with E-state index in [1.165, 1.54) is 42.9 Å². The SMILES string of the molecule is C=C(Cc1ccc(C#N)cc1)NC1CC2(C1)CC(c1ccnc3ccc(F)cc13)C2. The number of halogens is 1. The van der Waals surface area contributed by atoms with Crippen molar-refractivity contribution in [1.82, 2.24) is 10.3 Å². The van der Waals surface area contributed by atoms with Crippen LogP contribution in [0.15, 0.2) is 67.0 Å². The summed E-state index contributed by atoms with van der Waals surface area (Å²) in [6, 6.07) is 17.3. The van der Waals surface area contributed by atoms with Gasteiger partial charge < -0.3 is 5.32 Å². The first-order chi connectivity index (χ1) is 14.5. The number of nitrogens with one attached hydrogen (secondary N) is 1. The molecule has 0 atom stereocenters. The van der Waals surface area contributed by atoms with Gasteiger partial charge in [0.05, 0.1) is 17.1 Å². The standard InChI is InChI=1S/C26H24FN3/c1-17(10-18-2-4-19(16-28)5-3-18)30-22-14-26(15-22)12-20(13-26)23-8-9-29-25-7-6-21(27)11-24(23)25/h2-9,11,20,22,30H,1,10,12-15H2. The van der Waals surface area contributed by atoms with Crippen LogP contribution >= 0.6 is 0 Å². The monoisotopic (exact) mass is 397 g/mol. The lowest BCUT2D eigenvalue weighted by Crippen LogP contribution is -2.54. The van der Waals surface area contributed by atoms with Crippen LogP contribution in [0.4, 0.5) is 4.39 Å². The summed E-state index contributed by atoms with van der Waals surface area (Å²) in [5.41, 5.74) is 5.43. The van der Waals surface area contributed by atoms with Crippen LogP contribution in [0.5, 0.6) is 0 Å². The van der Waals surface area contributed by atoms with Gasteiger partial charge in [-0.25, -0.2) is 4.39 Å². The van der Waals surface area contributed by atoms with E-state index in [0.29, 0.717) is 22.9 Å². The second-order valence-corrected chi connectivity index (χ2v) is 9.01. The molecule has 2 fully saturated rings. The third-order valence-electron chi connectivity index (χ3n) is 6.80. The number of benzene rings is 2. The Morgan fingerprint density at radius 1 is 1.13 bits per heavy atom. The van der Waals surface area contributed by atoms with Crippen LogP contribution in [0.3, 0.4) is 0 Å². The summed E-state index contributed by atoms with van der Waals surface area (Å²) in [6.07, 6.45) is 7.32. The average molecular weight is 397 g/mol. The summed E-state index contributed by atoms with van der Waals surface area (Å²) >= 11 is 0. The molecule has 0 radical (unpaired) electrons. The number of hydrogen-bond donors (Lipinski definition) is 1. The minimum absolute atomic E-state index is 0.195. The second kappa shape index (κ2) is 7.25. The number of fused-ring (bicyclic) bond motifs is 1. The number of pyridine rings is 1. The first-order valence-electron chi connectivity index (χ1n) is 10.5. The number of nitriles is 1. The Morgan fingerprint density at radius 2 is 1.90 bits per heavy atom. The Morgan fingerprint density at radius 3 is 2.63 bits per heavy atom. The van der Waals surface area contributed by atoms with Crippen LogP contribution in [-0.2, 0) is 6.42 Å². The molecule has 0 saturated heterocycles. The molecule has 2 aliphatic rings. The van der Waals surface area contributed by atoms with Gasteiger partial charge in [0.25, 0.3) is 0 Å². The molecule has 5 rings (SSSR count). The van der Waals surface area contributed by atoms with Crippen LogP contribution in [0.2, 0.25) is 0 Å². The Bertz CT molecular complexity index is 1150. The van der Waals surface area contributed by atoms with Gasteiger partial charge in [0, 0.05) is 29.7 Å². The van der Waals surface area contributed by atoms with Crippen molar-refractivity contribution in [3.63, 3.8) is 0 Å². The molecule has 4 heteroatoms. The number of nitrogens with zero attached hydrogens (tertiary/aromatic N) is 2. The van der Waals surface area contributed by atoms with E-state index in [1.807, 2.05) is 30.5 Å². The molecule has 2 aromatic carbocycles. The van der Waals surface area contributed by atoms with Gasteiger partial charge in [0.1, 0.15) is 5.82 Å². The van der Waals surface area contributed by atoms with Gasteiger partial charge in [-0.15, -0.1) is 0 Å². The molecule has 3 nitrogen and oxygen atoms in total. The number of rotatable bonds is 5. The van der Waals surface area contributed by atoms with Crippen molar-refractivity contribution in [2.45, 2.75) is 44.1 Å². The first kappa shape index (κ1) is 18.8. The fourth-order valence-electron chi connectivity index (χ4n) is 5.41. The lowest BCUT2D eigenvalue weighted by atomic mass is 9.49. The maximum Gasteiger partial charge on any atom is 0.123 e. The van der Waals surface area contributed by atoms with Crippen molar-refractivity contribution < 1.29 is 4.39 Å². The Balaban J connectivity index is 1.15. The van der Waals surface area contributed by atoms with Gasteiger partial charge in [-0.05, 0) is 84.5 Å². The van der Waals surface area contributed by atoms with Crippen LogP contribution < -0.4 is 5.32 Å². The summed E-state index contributed by atoms with van der Waals surface area (Å²) in [5.74, 6) is 0.305. The van der Waals surface area contributed by atoms with Crippen molar-refractivity contribution >= 4 is 10.9 Å². The zero-order chi connectivity index (χ0) is 20.7. The van der Waals surface area contributed by atoms with Crippen molar-refractivity contribution in [2.24, 2.45) is 5.41 Å². The van der Waals surface area contributed by atoms with Gasteiger partial charge >= 0.3 is 0 Å². The minimum atomic E-state index is -0.195. The maximum absolute atomic E-state index is 13.7. The van der Waals surface area contributed by atoms with E-state index in [4.69, 9.17) is 5.26 Å². The van der Waals surface area contributed by atoms with Crippen molar-refractivity contribution in [2.75, 3.05) is 0 Å². The molecule has 0 aliphatic heterocycles. The predicted octanol–water partition coefficient (Wildman–Crippen LogP) is 5.62. The van der Waals surface area contributed by atoms with Crippen LogP contribution in [-0.4, -0.2) is 11.0 Å². The number of aromatic nitrogens is 1. The fourth-order valence-corrected chi connectivity index (χ4v) is 5.41. The highest BCUT2D eigenvalue weighted by atomic mass is 19.1. The lowest BCUT2D eigenvalue weighted by Gasteiger charge is -2.58. The molecule has 1 spiro atoms. The zero-order valence-electron chi connectivity index (χ0n) is 16.9. The topological polar surface area (TPSA) is 48.7 Å². The highest BCUT2D eigenvalue weighted by Gasteiger charge is 2.53. The van der Waals surface area contributed by atoms with Gasteiger partial charge in [-0.2, -0.15) is 5.26 Å². The Labute approximate surface area is 176 Å². The highest BCUT2D eigenvalue weighted by molar-refractivity contribution is 5.82. The Kier molecular flexibility index (Phi) is 4.55. The number of hydrogen-bond acceptors (Lipinski definition) is 3. The molecule has 1 heterocycles. The van der Waals surface area contributed by atoms with Crippen LogP contribution in [0.25, 0.3) is 10.9 Å². The Hall–Kier alpha value is -3.19. The van der Waals surface area contributed by atoms with E-state index in [-0.39, 0.29) is 5.82 Å². The van der Waals surface area contributed by atoms with Crippen molar-refractivity contribution in [3.8, 4) is 6.07 Å². The first-order valence-corrected chi connectivity index (χ1v) is 10.5. The molecule has 30 heavy (non-hydrogen) atoms. The van der Waals surface area contributed by atoms with Gasteiger partial charge in [0.2, 0.25) is 0 Å². The molecule has 0 amide bonds. The quantitative estimate of drug-likeness (QED) is 0.608. The highest BCUT2D eigenvalue weighted by Crippen LogP contribution is 2.62. The molecule has 2 saturated carbocycles. The molecule has 1 N–H and O–H groups in total. The minimum Gasteiger partial charge on any atom is -0.386 e. The average Bonchev–Trinajstić information content (AvgIpc) is 2.69. The molecule has 3 aromatic rings. The van der Waals surface area contributed by atoms with Crippen LogP contribution in [0.1, 0.15) is 48.3 Å². The van der Waals surface area contributed by atoms with Crippen molar-refractivity contribution in [1.29, 1.82) is 5.26 Å². The van der Waals surface area contributed by atoms with E-state index in [0.717, 1.165) is 23.0 Å². The summed E-state index contributed by atoms with van der Waals surface area (Å²) in [5, 5.41) is 13.5. The normalized spacial score (nSPS) is 24.7. The largest absolute Gasteiger partial charge is 0.386 e. The predicted molar refractivity (Wildman–Crippen MR) is 116 cm³/mol. The lowest BCUT2D eigenvalue weighted by molar-refractivity contribution is -0.0173. The van der Waals surface area contributed by atoms with Crippen LogP contribution in [0, 0.1) is 22.6 Å². The van der Waals surface area contributed by atoms with Gasteiger partial charge in [0.15, 0.2) is 0 Å². The van der Waals surface area contributed by atoms with Gasteiger partial charge in [-0.3, -0.25) is 4.98 Å². The fraction of sp³-hybridized carbons (Fsp3) is 0.308. The van der Waals surface area contributed by atoms with E-state index >= 15 is 0 Å². The molecule has 2 aliphatic carbocycles. The van der Waals surface area contributed by atoms with E-state index in [9.17, 15) is 4.39 Å². The molecule has 0 bridgehead atoms. The summed E-state index contributed by atoms with van der Waals surface area (Å²) in [7, 11) is 0. The summed E-state index contributed by atoms with van der Waals surface area (Å²) < 4.78 is 13.7. The van der Waals surface area contributed by atoms with Crippen molar-refractivity contribution in [3.05, 3.63) is 89.5 Å². The molecule has 150 valence electrons. The summed E-state index contributed by atoms with van der Waals surface area (Å²) in [6.45, 7) is 4.19. The van der Waals surface area contributed by atoms with E-state index < -0.39 is 0 Å². The number of allylic oxidation sites excluding steroid dienone is 1. The maximum atomic E-state index is 13.7. The molecular formula is C26H24FN3. The third-order valence-corrected chi connectivity index (χ3v) is 6.80. The molecule has 0 unspecified atom stereocenters. The third kappa shape index (κ3) is 3.45. The molecular weight excluding hydrogens is 373 g/mol. The second-order valence-electron chi connectivity index (χ2n) is 9.01. The van der Waals surface area contributed by atoms with E-state index in [1.54, 1.807) is 12.1 Å². The molecule has 1 aromatic heterocycles. The van der Waals surface area contributed by atoms with E-state index in [2.05, 4.69) is 29.0 Å². The zero-order valence-corrected chi connectivity index (χ0v) is 16.9.